The van der Waals surface area contributed by atoms with Gasteiger partial charge in [0.1, 0.15) is 11.5 Å². The Morgan fingerprint density at radius 2 is 1.92 bits per heavy atom. The topological polar surface area (TPSA) is 70.9 Å². The number of hydrogen-bond acceptors (Lipinski definition) is 4. The highest BCUT2D eigenvalue weighted by atomic mass is 15.2. The predicted molar refractivity (Wildman–Crippen MR) is 97.8 cm³/mol. The minimum atomic E-state index is 0.656. The van der Waals surface area contributed by atoms with Gasteiger partial charge in [0.25, 0.3) is 0 Å². The summed E-state index contributed by atoms with van der Waals surface area (Å²) in [4.78, 5) is 9.10. The fourth-order valence-corrected chi connectivity index (χ4v) is 2.96. The predicted octanol–water partition coefficient (Wildman–Crippen LogP) is 4.02. The van der Waals surface area contributed by atoms with Crippen LogP contribution in [0.2, 0.25) is 0 Å². The van der Waals surface area contributed by atoms with Gasteiger partial charge in [0.2, 0.25) is 5.78 Å². The zero-order valence-electron chi connectivity index (χ0n) is 13.2. The Kier molecular flexibility index (Phi) is 3.00. The molecular weight excluding hydrogens is 312 g/mol. The summed E-state index contributed by atoms with van der Waals surface area (Å²) in [7, 11) is 0. The van der Waals surface area contributed by atoms with E-state index in [-0.39, 0.29) is 0 Å². The fraction of sp³-hybridized carbons (Fsp3) is 0. The van der Waals surface area contributed by atoms with Gasteiger partial charge in [-0.3, -0.25) is 9.50 Å². The summed E-state index contributed by atoms with van der Waals surface area (Å²) >= 11 is 0. The van der Waals surface area contributed by atoms with Gasteiger partial charge in [-0.2, -0.15) is 5.10 Å². The number of fused-ring (bicyclic) bond motifs is 2. The molecule has 0 amide bonds. The number of rotatable bonds is 3. The maximum atomic E-state index is 4.73. The van der Waals surface area contributed by atoms with Gasteiger partial charge in [-0.15, -0.1) is 0 Å². The SMILES string of the molecule is c1ccc(Nc2c(-c3ccc4[nH]ncc4c3)nc3ncccn23)cc1. The van der Waals surface area contributed by atoms with Crippen molar-refractivity contribution in [1.29, 1.82) is 0 Å². The molecule has 3 heterocycles. The monoisotopic (exact) mass is 326 g/mol. The second kappa shape index (κ2) is 5.45. The number of aromatic nitrogens is 5. The van der Waals surface area contributed by atoms with Crippen LogP contribution in [0.4, 0.5) is 11.5 Å². The number of benzene rings is 2. The van der Waals surface area contributed by atoms with E-state index in [1.165, 1.54) is 0 Å². The summed E-state index contributed by atoms with van der Waals surface area (Å²) in [6.07, 6.45) is 5.52. The highest BCUT2D eigenvalue weighted by Gasteiger charge is 2.15. The summed E-state index contributed by atoms with van der Waals surface area (Å²) in [5, 5.41) is 11.6. The van der Waals surface area contributed by atoms with Gasteiger partial charge in [-0.25, -0.2) is 9.97 Å². The Morgan fingerprint density at radius 3 is 2.84 bits per heavy atom. The van der Waals surface area contributed by atoms with Gasteiger partial charge in [0.15, 0.2) is 0 Å². The second-order valence-electron chi connectivity index (χ2n) is 5.76. The first kappa shape index (κ1) is 13.7. The highest BCUT2D eigenvalue weighted by Crippen LogP contribution is 2.31. The Bertz CT molecular complexity index is 1170. The molecule has 0 saturated carbocycles. The van der Waals surface area contributed by atoms with Gasteiger partial charge in [0.05, 0.1) is 11.7 Å². The molecule has 120 valence electrons. The molecule has 0 saturated heterocycles. The highest BCUT2D eigenvalue weighted by molar-refractivity contribution is 5.87. The van der Waals surface area contributed by atoms with Crippen LogP contribution in [0.1, 0.15) is 0 Å². The molecule has 0 fully saturated rings. The molecule has 2 aromatic carbocycles. The molecule has 0 spiro atoms. The maximum absolute atomic E-state index is 4.73. The van der Waals surface area contributed by atoms with E-state index in [1.807, 2.05) is 65.3 Å². The quantitative estimate of drug-likeness (QED) is 0.525. The molecule has 5 aromatic rings. The molecule has 25 heavy (non-hydrogen) atoms. The lowest BCUT2D eigenvalue weighted by Gasteiger charge is -2.08. The van der Waals surface area contributed by atoms with Crippen molar-refractivity contribution >= 4 is 28.2 Å². The van der Waals surface area contributed by atoms with Crippen LogP contribution in [-0.4, -0.2) is 24.6 Å². The smallest absolute Gasteiger partial charge is 0.235 e. The molecule has 6 nitrogen and oxygen atoms in total. The van der Waals surface area contributed by atoms with Gasteiger partial charge in [-0.05, 0) is 30.3 Å². The first-order chi connectivity index (χ1) is 12.4. The molecule has 0 aliphatic rings. The van der Waals surface area contributed by atoms with E-state index >= 15 is 0 Å². The Labute approximate surface area is 143 Å². The van der Waals surface area contributed by atoms with E-state index in [9.17, 15) is 0 Å². The number of aromatic amines is 1. The van der Waals surface area contributed by atoms with E-state index in [1.54, 1.807) is 6.20 Å². The molecule has 3 aromatic heterocycles. The number of nitrogens with zero attached hydrogens (tertiary/aromatic N) is 4. The van der Waals surface area contributed by atoms with Crippen LogP contribution >= 0.6 is 0 Å². The molecule has 0 aliphatic heterocycles. The molecule has 0 unspecified atom stereocenters. The number of anilines is 2. The summed E-state index contributed by atoms with van der Waals surface area (Å²) in [5.41, 5.74) is 3.87. The van der Waals surface area contributed by atoms with Crippen molar-refractivity contribution in [2.75, 3.05) is 5.32 Å². The van der Waals surface area contributed by atoms with Crippen molar-refractivity contribution in [2.45, 2.75) is 0 Å². The summed E-state index contributed by atoms with van der Waals surface area (Å²) < 4.78 is 1.96. The zero-order valence-corrected chi connectivity index (χ0v) is 13.2. The third kappa shape index (κ3) is 2.31. The first-order valence-electron chi connectivity index (χ1n) is 7.97. The van der Waals surface area contributed by atoms with Gasteiger partial charge in [-0.1, -0.05) is 24.3 Å². The average molecular weight is 326 g/mol. The number of nitrogens with one attached hydrogen (secondary N) is 2. The van der Waals surface area contributed by atoms with E-state index in [4.69, 9.17) is 4.98 Å². The van der Waals surface area contributed by atoms with Gasteiger partial charge in [0, 0.05) is 29.0 Å². The molecule has 5 rings (SSSR count). The average Bonchev–Trinajstić information content (AvgIpc) is 3.27. The van der Waals surface area contributed by atoms with Gasteiger partial charge < -0.3 is 5.32 Å². The molecular formula is C19H14N6. The number of H-pyrrole nitrogens is 1. The number of imidazole rings is 1. The summed E-state index contributed by atoms with van der Waals surface area (Å²) in [6.45, 7) is 0. The lowest BCUT2D eigenvalue weighted by molar-refractivity contribution is 1.11. The summed E-state index contributed by atoms with van der Waals surface area (Å²) in [5.74, 6) is 1.54. The number of hydrogen-bond donors (Lipinski definition) is 2. The lowest BCUT2D eigenvalue weighted by atomic mass is 10.1. The van der Waals surface area contributed by atoms with Crippen molar-refractivity contribution in [3.05, 3.63) is 73.2 Å². The van der Waals surface area contributed by atoms with Crippen molar-refractivity contribution in [3.63, 3.8) is 0 Å². The second-order valence-corrected chi connectivity index (χ2v) is 5.76. The van der Waals surface area contributed by atoms with E-state index in [2.05, 4.69) is 26.6 Å². The van der Waals surface area contributed by atoms with Crippen molar-refractivity contribution in [1.82, 2.24) is 24.6 Å². The molecule has 0 radical (unpaired) electrons. The Morgan fingerprint density at radius 1 is 1.00 bits per heavy atom. The van der Waals surface area contributed by atoms with E-state index in [0.717, 1.165) is 33.7 Å². The number of para-hydroxylation sites is 1. The molecule has 0 bridgehead atoms. The van der Waals surface area contributed by atoms with Crippen molar-refractivity contribution in [2.24, 2.45) is 0 Å². The van der Waals surface area contributed by atoms with Crippen LogP contribution in [0.3, 0.4) is 0 Å². The van der Waals surface area contributed by atoms with Gasteiger partial charge >= 0.3 is 0 Å². The van der Waals surface area contributed by atoms with Crippen LogP contribution in [0.15, 0.2) is 73.2 Å². The Hall–Kier alpha value is -3.67. The van der Waals surface area contributed by atoms with E-state index in [0.29, 0.717) is 5.78 Å². The van der Waals surface area contributed by atoms with Crippen LogP contribution in [0, 0.1) is 0 Å². The largest absolute Gasteiger partial charge is 0.339 e. The third-order valence-electron chi connectivity index (χ3n) is 4.15. The first-order valence-corrected chi connectivity index (χ1v) is 7.97. The van der Waals surface area contributed by atoms with Crippen LogP contribution < -0.4 is 5.32 Å². The fourth-order valence-electron chi connectivity index (χ4n) is 2.96. The minimum absolute atomic E-state index is 0.656. The lowest BCUT2D eigenvalue weighted by Crippen LogP contribution is -1.97. The molecule has 6 heteroatoms. The van der Waals surface area contributed by atoms with E-state index < -0.39 is 0 Å². The standard InChI is InChI=1S/C19H14N6/c1-2-5-15(6-3-1)22-18-17(23-19-20-9-4-10-25(18)19)13-7-8-16-14(11-13)12-21-24-16/h1-12,22H,(H,21,24). The van der Waals surface area contributed by atoms with Crippen LogP contribution in [-0.2, 0) is 0 Å². The minimum Gasteiger partial charge on any atom is -0.339 e. The van der Waals surface area contributed by atoms with Crippen LogP contribution in [0.25, 0.3) is 27.9 Å². The van der Waals surface area contributed by atoms with Crippen molar-refractivity contribution < 1.29 is 0 Å². The maximum Gasteiger partial charge on any atom is 0.235 e. The summed E-state index contributed by atoms with van der Waals surface area (Å²) in [6, 6.07) is 18.1. The molecule has 0 atom stereocenters. The molecule has 2 N–H and O–H groups in total. The normalized spacial score (nSPS) is 11.2. The van der Waals surface area contributed by atoms with Crippen LogP contribution in [0.5, 0.6) is 0 Å². The zero-order chi connectivity index (χ0) is 16.6. The Balaban J connectivity index is 1.72. The van der Waals surface area contributed by atoms with Crippen molar-refractivity contribution in [3.8, 4) is 11.3 Å². The molecule has 0 aliphatic carbocycles. The third-order valence-corrected chi connectivity index (χ3v) is 4.15.